The SMILES string of the molecule is Nc1cccc(OCCC(=O)NC2CC2)c1Br. The second-order valence-electron chi connectivity index (χ2n) is 4.10. The number of nitrogens with one attached hydrogen (secondary N) is 1. The van der Waals surface area contributed by atoms with Gasteiger partial charge >= 0.3 is 0 Å². The van der Waals surface area contributed by atoms with Crippen LogP contribution in [0.5, 0.6) is 5.75 Å². The maximum absolute atomic E-state index is 11.4. The highest BCUT2D eigenvalue weighted by Gasteiger charge is 2.22. The lowest BCUT2D eigenvalue weighted by Crippen LogP contribution is -2.26. The van der Waals surface area contributed by atoms with Crippen molar-refractivity contribution in [1.29, 1.82) is 0 Å². The Balaban J connectivity index is 1.77. The normalized spacial score (nSPS) is 14.4. The number of amides is 1. The van der Waals surface area contributed by atoms with Gasteiger partial charge in [0.15, 0.2) is 0 Å². The van der Waals surface area contributed by atoms with E-state index in [1.165, 1.54) is 0 Å². The lowest BCUT2D eigenvalue weighted by molar-refractivity contribution is -0.121. The van der Waals surface area contributed by atoms with E-state index >= 15 is 0 Å². The van der Waals surface area contributed by atoms with Gasteiger partial charge in [0.1, 0.15) is 5.75 Å². The standard InChI is InChI=1S/C12H15BrN2O2/c13-12-9(14)2-1-3-10(12)17-7-6-11(16)15-8-4-5-8/h1-3,8H,4-7,14H2,(H,15,16). The Bertz CT molecular complexity index is 419. The quantitative estimate of drug-likeness (QED) is 0.818. The molecule has 1 fully saturated rings. The number of carbonyl (C=O) groups excluding carboxylic acids is 1. The third-order valence-corrected chi connectivity index (χ3v) is 3.37. The molecule has 0 aromatic heterocycles. The molecule has 0 heterocycles. The molecular weight excluding hydrogens is 284 g/mol. The van der Waals surface area contributed by atoms with E-state index in [4.69, 9.17) is 10.5 Å². The molecular formula is C12H15BrN2O2. The summed E-state index contributed by atoms with van der Waals surface area (Å²) in [5.41, 5.74) is 6.35. The fraction of sp³-hybridized carbons (Fsp3) is 0.417. The topological polar surface area (TPSA) is 64.3 Å². The Morgan fingerprint density at radius 1 is 1.53 bits per heavy atom. The number of rotatable bonds is 5. The lowest BCUT2D eigenvalue weighted by atomic mass is 10.3. The molecule has 0 aliphatic heterocycles. The Hall–Kier alpha value is -1.23. The van der Waals surface area contributed by atoms with E-state index in [1.54, 1.807) is 6.07 Å². The molecule has 1 aromatic carbocycles. The highest BCUT2D eigenvalue weighted by Crippen LogP contribution is 2.30. The van der Waals surface area contributed by atoms with Crippen molar-refractivity contribution < 1.29 is 9.53 Å². The molecule has 17 heavy (non-hydrogen) atoms. The van der Waals surface area contributed by atoms with E-state index in [-0.39, 0.29) is 5.91 Å². The molecule has 0 unspecified atom stereocenters. The number of hydrogen-bond acceptors (Lipinski definition) is 3. The number of anilines is 1. The van der Waals surface area contributed by atoms with Crippen molar-refractivity contribution >= 4 is 27.5 Å². The average Bonchev–Trinajstić information content (AvgIpc) is 3.08. The molecule has 3 N–H and O–H groups in total. The lowest BCUT2D eigenvalue weighted by Gasteiger charge is -2.09. The first-order chi connectivity index (χ1) is 8.16. The van der Waals surface area contributed by atoms with Crippen LogP contribution in [-0.2, 0) is 4.79 Å². The molecule has 0 radical (unpaired) electrons. The van der Waals surface area contributed by atoms with Crippen LogP contribution in [0.4, 0.5) is 5.69 Å². The molecule has 1 aliphatic carbocycles. The van der Waals surface area contributed by atoms with Gasteiger partial charge in [0.2, 0.25) is 5.91 Å². The van der Waals surface area contributed by atoms with Crippen LogP contribution in [0, 0.1) is 0 Å². The fourth-order valence-electron chi connectivity index (χ4n) is 1.42. The van der Waals surface area contributed by atoms with Crippen molar-refractivity contribution in [1.82, 2.24) is 5.32 Å². The third-order valence-electron chi connectivity index (χ3n) is 2.52. The van der Waals surface area contributed by atoms with E-state index in [9.17, 15) is 4.79 Å². The van der Waals surface area contributed by atoms with E-state index in [0.29, 0.717) is 30.5 Å². The molecule has 5 heteroatoms. The van der Waals surface area contributed by atoms with Crippen molar-refractivity contribution in [3.05, 3.63) is 22.7 Å². The number of hydrogen-bond donors (Lipinski definition) is 2. The summed E-state index contributed by atoms with van der Waals surface area (Å²) in [4.78, 5) is 11.4. The van der Waals surface area contributed by atoms with Crippen LogP contribution in [0.15, 0.2) is 22.7 Å². The Labute approximate surface area is 109 Å². The van der Waals surface area contributed by atoms with Crippen LogP contribution in [-0.4, -0.2) is 18.6 Å². The summed E-state index contributed by atoms with van der Waals surface area (Å²) in [5, 5.41) is 2.91. The van der Waals surface area contributed by atoms with Crippen LogP contribution < -0.4 is 15.8 Å². The molecule has 0 saturated heterocycles. The highest BCUT2D eigenvalue weighted by molar-refractivity contribution is 9.10. The zero-order valence-electron chi connectivity index (χ0n) is 9.41. The molecule has 1 aromatic rings. The minimum absolute atomic E-state index is 0.0486. The van der Waals surface area contributed by atoms with Crippen LogP contribution in [0.1, 0.15) is 19.3 Å². The van der Waals surface area contributed by atoms with Gasteiger partial charge in [0, 0.05) is 11.7 Å². The predicted octanol–water partition coefficient (Wildman–Crippen LogP) is 2.08. The van der Waals surface area contributed by atoms with Gasteiger partial charge in [0.05, 0.1) is 17.5 Å². The van der Waals surface area contributed by atoms with E-state index in [1.807, 2.05) is 12.1 Å². The van der Waals surface area contributed by atoms with Gasteiger partial charge in [-0.3, -0.25) is 4.79 Å². The third kappa shape index (κ3) is 3.63. The van der Waals surface area contributed by atoms with E-state index < -0.39 is 0 Å². The maximum atomic E-state index is 11.4. The van der Waals surface area contributed by atoms with Gasteiger partial charge in [-0.05, 0) is 40.9 Å². The summed E-state index contributed by atoms with van der Waals surface area (Å²) in [6, 6.07) is 5.83. The van der Waals surface area contributed by atoms with Gasteiger partial charge in [-0.1, -0.05) is 6.07 Å². The summed E-state index contributed by atoms with van der Waals surface area (Å²) >= 11 is 3.35. The number of halogens is 1. The Kier molecular flexibility index (Phi) is 3.89. The zero-order valence-corrected chi connectivity index (χ0v) is 11.0. The second-order valence-corrected chi connectivity index (χ2v) is 4.89. The molecule has 92 valence electrons. The van der Waals surface area contributed by atoms with Gasteiger partial charge < -0.3 is 15.8 Å². The largest absolute Gasteiger partial charge is 0.492 e. The fourth-order valence-corrected chi connectivity index (χ4v) is 1.80. The highest BCUT2D eigenvalue weighted by atomic mass is 79.9. The number of carbonyl (C=O) groups is 1. The average molecular weight is 299 g/mol. The van der Waals surface area contributed by atoms with Crippen molar-refractivity contribution in [2.24, 2.45) is 0 Å². The molecule has 0 bridgehead atoms. The summed E-state index contributed by atoms with van der Waals surface area (Å²) in [5.74, 6) is 0.719. The zero-order chi connectivity index (χ0) is 12.3. The summed E-state index contributed by atoms with van der Waals surface area (Å²) < 4.78 is 6.24. The number of nitrogen functional groups attached to an aromatic ring is 1. The van der Waals surface area contributed by atoms with Gasteiger partial charge in [-0.25, -0.2) is 0 Å². The van der Waals surface area contributed by atoms with Crippen molar-refractivity contribution in [2.45, 2.75) is 25.3 Å². The molecule has 1 saturated carbocycles. The van der Waals surface area contributed by atoms with E-state index in [0.717, 1.165) is 17.3 Å². The van der Waals surface area contributed by atoms with Gasteiger partial charge in [-0.15, -0.1) is 0 Å². The van der Waals surface area contributed by atoms with Gasteiger partial charge in [0.25, 0.3) is 0 Å². The molecule has 0 spiro atoms. The van der Waals surface area contributed by atoms with Crippen LogP contribution >= 0.6 is 15.9 Å². The first kappa shape index (κ1) is 12.2. The monoisotopic (exact) mass is 298 g/mol. The number of nitrogens with two attached hydrogens (primary N) is 1. The number of benzene rings is 1. The van der Waals surface area contributed by atoms with Gasteiger partial charge in [-0.2, -0.15) is 0 Å². The van der Waals surface area contributed by atoms with Crippen LogP contribution in [0.25, 0.3) is 0 Å². The molecule has 1 amide bonds. The second kappa shape index (κ2) is 5.40. The summed E-state index contributed by atoms with van der Waals surface area (Å²) in [6.07, 6.45) is 2.58. The van der Waals surface area contributed by atoms with Crippen LogP contribution in [0.3, 0.4) is 0 Å². The van der Waals surface area contributed by atoms with Crippen molar-refractivity contribution in [3.8, 4) is 5.75 Å². The minimum Gasteiger partial charge on any atom is -0.492 e. The van der Waals surface area contributed by atoms with Crippen molar-refractivity contribution in [3.63, 3.8) is 0 Å². The molecule has 1 aliphatic rings. The first-order valence-corrected chi connectivity index (χ1v) is 6.42. The Morgan fingerprint density at radius 2 is 2.29 bits per heavy atom. The summed E-state index contributed by atoms with van der Waals surface area (Å²) in [7, 11) is 0. The molecule has 0 atom stereocenters. The number of ether oxygens (including phenoxy) is 1. The first-order valence-electron chi connectivity index (χ1n) is 5.63. The van der Waals surface area contributed by atoms with Crippen molar-refractivity contribution in [2.75, 3.05) is 12.3 Å². The minimum atomic E-state index is 0.0486. The smallest absolute Gasteiger partial charge is 0.223 e. The Morgan fingerprint density at radius 3 is 3.00 bits per heavy atom. The van der Waals surface area contributed by atoms with E-state index in [2.05, 4.69) is 21.2 Å². The predicted molar refractivity (Wildman–Crippen MR) is 69.8 cm³/mol. The molecule has 2 rings (SSSR count). The van der Waals surface area contributed by atoms with Crippen LogP contribution in [0.2, 0.25) is 0 Å². The maximum Gasteiger partial charge on any atom is 0.223 e. The molecule has 4 nitrogen and oxygen atoms in total. The summed E-state index contributed by atoms with van der Waals surface area (Å²) in [6.45, 7) is 0.362.